The first-order valence-corrected chi connectivity index (χ1v) is 11.0. The maximum Gasteiger partial charge on any atom is 0.233 e. The predicted octanol–water partition coefficient (Wildman–Crippen LogP) is 4.21. The molecule has 2 aliphatic carbocycles. The first-order chi connectivity index (χ1) is 11.7. The lowest BCUT2D eigenvalue weighted by atomic mass is 9.95. The van der Waals surface area contributed by atoms with Gasteiger partial charge in [-0.2, -0.15) is 0 Å². The molecule has 1 aromatic rings. The molecule has 1 heterocycles. The van der Waals surface area contributed by atoms with Crippen molar-refractivity contribution in [1.29, 1.82) is 0 Å². The summed E-state index contributed by atoms with van der Waals surface area (Å²) in [5.74, 6) is 0.129. The Labute approximate surface area is 152 Å². The standard InChI is InChI=1S/C17H28N4OS2/c1-12(15(22)18-13-8-4-2-5-9-13)23-17-21-20-16(24-17)19-14-10-6-3-7-11-14/h12-14H,2-11H2,1H3,(H,18,22)(H,19,20). The lowest BCUT2D eigenvalue weighted by Gasteiger charge is -2.24. The van der Waals surface area contributed by atoms with Gasteiger partial charge >= 0.3 is 0 Å². The van der Waals surface area contributed by atoms with Crippen LogP contribution >= 0.6 is 23.1 Å². The van der Waals surface area contributed by atoms with Gasteiger partial charge in [0.2, 0.25) is 11.0 Å². The zero-order chi connectivity index (χ0) is 16.8. The van der Waals surface area contributed by atoms with Crippen LogP contribution in [0.3, 0.4) is 0 Å². The molecule has 7 heteroatoms. The summed E-state index contributed by atoms with van der Waals surface area (Å²) in [6, 6.07) is 0.906. The minimum Gasteiger partial charge on any atom is -0.357 e. The van der Waals surface area contributed by atoms with Crippen LogP contribution < -0.4 is 10.6 Å². The average Bonchev–Trinajstić information content (AvgIpc) is 3.03. The second-order valence-electron chi connectivity index (χ2n) is 6.96. The van der Waals surface area contributed by atoms with Crippen molar-refractivity contribution in [2.75, 3.05) is 5.32 Å². The number of aromatic nitrogens is 2. The highest BCUT2D eigenvalue weighted by atomic mass is 32.2. The zero-order valence-corrected chi connectivity index (χ0v) is 16.1. The summed E-state index contributed by atoms with van der Waals surface area (Å²) in [5.41, 5.74) is 0. The lowest BCUT2D eigenvalue weighted by molar-refractivity contribution is -0.121. The second kappa shape index (κ2) is 9.04. The molecule has 0 saturated heterocycles. The largest absolute Gasteiger partial charge is 0.357 e. The summed E-state index contributed by atoms with van der Waals surface area (Å²) in [5, 5.41) is 15.9. The molecule has 0 aliphatic heterocycles. The van der Waals surface area contributed by atoms with Crippen LogP contribution in [0.4, 0.5) is 5.13 Å². The average molecular weight is 369 g/mol. The van der Waals surface area contributed by atoms with Crippen LogP contribution in [0, 0.1) is 0 Å². The number of anilines is 1. The molecule has 1 atom stereocenters. The van der Waals surface area contributed by atoms with Gasteiger partial charge in [-0.15, -0.1) is 10.2 Å². The summed E-state index contributed by atoms with van der Waals surface area (Å²) < 4.78 is 0.875. The van der Waals surface area contributed by atoms with Gasteiger partial charge in [0, 0.05) is 12.1 Å². The Bertz CT molecular complexity index is 524. The number of amides is 1. The van der Waals surface area contributed by atoms with E-state index in [1.807, 2.05) is 6.92 Å². The van der Waals surface area contributed by atoms with Crippen LogP contribution in [0.1, 0.15) is 71.1 Å². The molecule has 1 aromatic heterocycles. The van der Waals surface area contributed by atoms with E-state index in [4.69, 9.17) is 0 Å². The molecule has 2 fully saturated rings. The summed E-state index contributed by atoms with van der Waals surface area (Å²) in [4.78, 5) is 12.3. The third-order valence-corrected chi connectivity index (χ3v) is 6.98. The van der Waals surface area contributed by atoms with Crippen molar-refractivity contribution < 1.29 is 4.79 Å². The van der Waals surface area contributed by atoms with Crippen molar-refractivity contribution in [3.05, 3.63) is 0 Å². The SMILES string of the molecule is CC(Sc1nnc(NC2CCCCC2)s1)C(=O)NC1CCCCC1. The van der Waals surface area contributed by atoms with Crippen LogP contribution in [0.15, 0.2) is 4.34 Å². The van der Waals surface area contributed by atoms with Gasteiger partial charge in [0.25, 0.3) is 0 Å². The van der Waals surface area contributed by atoms with E-state index in [9.17, 15) is 4.79 Å². The van der Waals surface area contributed by atoms with Crippen molar-refractivity contribution in [3.63, 3.8) is 0 Å². The highest BCUT2D eigenvalue weighted by Crippen LogP contribution is 2.31. The van der Waals surface area contributed by atoms with Gasteiger partial charge in [0.05, 0.1) is 5.25 Å². The van der Waals surface area contributed by atoms with Crippen LogP contribution in [0.5, 0.6) is 0 Å². The minimum absolute atomic E-state index is 0.123. The normalized spacial score (nSPS) is 21.4. The molecule has 2 saturated carbocycles. The van der Waals surface area contributed by atoms with E-state index in [-0.39, 0.29) is 11.2 Å². The highest BCUT2D eigenvalue weighted by molar-refractivity contribution is 8.02. The number of nitrogens with zero attached hydrogens (tertiary/aromatic N) is 2. The van der Waals surface area contributed by atoms with E-state index in [0.29, 0.717) is 12.1 Å². The topological polar surface area (TPSA) is 66.9 Å². The summed E-state index contributed by atoms with van der Waals surface area (Å²) in [6.45, 7) is 1.96. The van der Waals surface area contributed by atoms with Gasteiger partial charge in [-0.05, 0) is 32.6 Å². The molecular weight excluding hydrogens is 340 g/mol. The van der Waals surface area contributed by atoms with E-state index in [0.717, 1.165) is 22.3 Å². The summed E-state index contributed by atoms with van der Waals surface area (Å²) >= 11 is 3.08. The number of hydrogen-bond donors (Lipinski definition) is 2. The molecule has 0 spiro atoms. The lowest BCUT2D eigenvalue weighted by Crippen LogP contribution is -2.40. The fraction of sp³-hybridized carbons (Fsp3) is 0.824. The van der Waals surface area contributed by atoms with E-state index in [1.165, 1.54) is 63.1 Å². The van der Waals surface area contributed by atoms with E-state index in [1.54, 1.807) is 11.3 Å². The molecule has 0 aromatic carbocycles. The third-order valence-electron chi connectivity index (χ3n) is 4.94. The monoisotopic (exact) mass is 368 g/mol. The van der Waals surface area contributed by atoms with Crippen LogP contribution in [0.2, 0.25) is 0 Å². The van der Waals surface area contributed by atoms with Crippen molar-refractivity contribution in [2.45, 2.75) is 92.8 Å². The maximum atomic E-state index is 12.3. The van der Waals surface area contributed by atoms with Crippen LogP contribution in [0.25, 0.3) is 0 Å². The first-order valence-electron chi connectivity index (χ1n) is 9.28. The van der Waals surface area contributed by atoms with Gasteiger partial charge < -0.3 is 10.6 Å². The van der Waals surface area contributed by atoms with Crippen LogP contribution in [-0.4, -0.2) is 33.4 Å². The molecule has 0 bridgehead atoms. The Morgan fingerprint density at radius 2 is 1.67 bits per heavy atom. The highest BCUT2D eigenvalue weighted by Gasteiger charge is 2.22. The fourth-order valence-corrected chi connectivity index (χ4v) is 5.49. The van der Waals surface area contributed by atoms with E-state index >= 15 is 0 Å². The van der Waals surface area contributed by atoms with E-state index < -0.39 is 0 Å². The molecule has 5 nitrogen and oxygen atoms in total. The Balaban J connectivity index is 1.45. The molecule has 2 N–H and O–H groups in total. The van der Waals surface area contributed by atoms with Crippen molar-refractivity contribution in [1.82, 2.24) is 15.5 Å². The molecule has 3 rings (SSSR count). The molecule has 24 heavy (non-hydrogen) atoms. The summed E-state index contributed by atoms with van der Waals surface area (Å²) in [7, 11) is 0. The maximum absolute atomic E-state index is 12.3. The predicted molar refractivity (Wildman–Crippen MR) is 101 cm³/mol. The Hall–Kier alpha value is -0.820. The third kappa shape index (κ3) is 5.34. The van der Waals surface area contributed by atoms with Crippen molar-refractivity contribution in [3.8, 4) is 0 Å². The van der Waals surface area contributed by atoms with Crippen molar-refractivity contribution >= 4 is 34.1 Å². The zero-order valence-electron chi connectivity index (χ0n) is 14.4. The Morgan fingerprint density at radius 3 is 2.33 bits per heavy atom. The molecule has 1 unspecified atom stereocenters. The second-order valence-corrected chi connectivity index (χ2v) is 9.52. The Morgan fingerprint density at radius 1 is 1.04 bits per heavy atom. The molecule has 1 amide bonds. The number of hydrogen-bond acceptors (Lipinski definition) is 6. The molecule has 0 radical (unpaired) electrons. The molecule has 134 valence electrons. The van der Waals surface area contributed by atoms with Gasteiger partial charge in [-0.3, -0.25) is 4.79 Å². The summed E-state index contributed by atoms with van der Waals surface area (Å²) in [6.07, 6.45) is 12.4. The van der Waals surface area contributed by atoms with Gasteiger partial charge in [0.1, 0.15) is 0 Å². The quantitative estimate of drug-likeness (QED) is 0.736. The van der Waals surface area contributed by atoms with Gasteiger partial charge in [-0.1, -0.05) is 61.6 Å². The smallest absolute Gasteiger partial charge is 0.233 e. The number of carbonyl (C=O) groups is 1. The minimum atomic E-state index is -0.123. The number of nitrogens with one attached hydrogen (secondary N) is 2. The van der Waals surface area contributed by atoms with Crippen LogP contribution in [-0.2, 0) is 4.79 Å². The van der Waals surface area contributed by atoms with Crippen molar-refractivity contribution in [2.24, 2.45) is 0 Å². The first kappa shape index (κ1) is 18.0. The molecule has 2 aliphatic rings. The number of thioether (sulfide) groups is 1. The van der Waals surface area contributed by atoms with E-state index in [2.05, 4.69) is 20.8 Å². The Kier molecular flexibility index (Phi) is 6.77. The van der Waals surface area contributed by atoms with Gasteiger partial charge in [-0.25, -0.2) is 0 Å². The number of carbonyl (C=O) groups excluding carboxylic acids is 1. The fourth-order valence-electron chi connectivity index (χ4n) is 3.51. The number of rotatable bonds is 6. The van der Waals surface area contributed by atoms with Gasteiger partial charge in [0.15, 0.2) is 4.34 Å². The molecular formula is C17H28N4OS2.